The molecule has 0 spiro atoms. The van der Waals surface area contributed by atoms with E-state index in [0.29, 0.717) is 17.0 Å². The van der Waals surface area contributed by atoms with Crippen LogP contribution < -0.4 is 5.32 Å². The summed E-state index contributed by atoms with van der Waals surface area (Å²) in [4.78, 5) is 15.9. The lowest BCUT2D eigenvalue weighted by Crippen LogP contribution is -2.57. The minimum atomic E-state index is -4.65. The van der Waals surface area contributed by atoms with Crippen molar-refractivity contribution < 1.29 is 31.1 Å². The SMILES string of the molecule is C[C@@H]1[C@H](c2c(F)ccc(F)c2F)NCC(=O)N1CC(F)(F)F.c1ccncc1. The largest absolute Gasteiger partial charge is 0.406 e. The zero-order valence-electron chi connectivity index (χ0n) is 14.7. The first-order valence-electron chi connectivity index (χ1n) is 8.20. The van der Waals surface area contributed by atoms with Crippen molar-refractivity contribution in [1.82, 2.24) is 15.2 Å². The van der Waals surface area contributed by atoms with Gasteiger partial charge in [0, 0.05) is 24.0 Å². The summed E-state index contributed by atoms with van der Waals surface area (Å²) in [5.74, 6) is -4.74. The van der Waals surface area contributed by atoms with Gasteiger partial charge in [-0.05, 0) is 31.2 Å². The summed E-state index contributed by atoms with van der Waals surface area (Å²) in [6, 6.07) is 4.50. The van der Waals surface area contributed by atoms with Gasteiger partial charge in [0.2, 0.25) is 5.91 Å². The minimum absolute atomic E-state index is 0.477. The third-order valence-corrected chi connectivity index (χ3v) is 4.07. The molecule has 3 rings (SSSR count). The third-order valence-electron chi connectivity index (χ3n) is 4.07. The Bertz CT molecular complexity index is 773. The Hall–Kier alpha value is -2.62. The summed E-state index contributed by atoms with van der Waals surface area (Å²) in [7, 11) is 0. The fraction of sp³-hybridized carbons (Fsp3) is 0.333. The highest BCUT2D eigenvalue weighted by atomic mass is 19.4. The average Bonchev–Trinajstić information content (AvgIpc) is 2.65. The second-order valence-corrected chi connectivity index (χ2v) is 6.02. The lowest BCUT2D eigenvalue weighted by atomic mass is 9.95. The molecule has 1 N–H and O–H groups in total. The molecule has 0 bridgehead atoms. The van der Waals surface area contributed by atoms with Gasteiger partial charge < -0.3 is 4.90 Å². The quantitative estimate of drug-likeness (QED) is 0.614. The van der Waals surface area contributed by atoms with E-state index < -0.39 is 60.3 Å². The molecule has 1 fully saturated rings. The molecule has 2 heterocycles. The van der Waals surface area contributed by atoms with E-state index in [1.807, 2.05) is 18.2 Å². The highest BCUT2D eigenvalue weighted by Crippen LogP contribution is 2.31. The van der Waals surface area contributed by atoms with Crippen molar-refractivity contribution in [3.8, 4) is 0 Å². The first-order chi connectivity index (χ1) is 13.1. The molecule has 10 heteroatoms. The molecule has 1 aromatic carbocycles. The van der Waals surface area contributed by atoms with Crippen molar-refractivity contribution >= 4 is 5.91 Å². The molecule has 2 atom stereocenters. The number of nitrogens with zero attached hydrogens (tertiary/aromatic N) is 2. The van der Waals surface area contributed by atoms with Crippen LogP contribution in [0.25, 0.3) is 0 Å². The van der Waals surface area contributed by atoms with Crippen molar-refractivity contribution in [3.63, 3.8) is 0 Å². The number of halogens is 6. The summed E-state index contributed by atoms with van der Waals surface area (Å²) in [5.41, 5.74) is -0.716. The predicted octanol–water partition coefficient (Wildman–Crippen LogP) is 3.61. The van der Waals surface area contributed by atoms with Gasteiger partial charge >= 0.3 is 6.18 Å². The molecule has 152 valence electrons. The molecular weight excluding hydrogens is 388 g/mol. The van der Waals surface area contributed by atoms with Gasteiger partial charge in [-0.3, -0.25) is 15.1 Å². The molecule has 0 aliphatic carbocycles. The molecule has 0 saturated carbocycles. The number of amides is 1. The number of alkyl halides is 3. The summed E-state index contributed by atoms with van der Waals surface area (Å²) < 4.78 is 78.4. The molecule has 28 heavy (non-hydrogen) atoms. The predicted molar refractivity (Wildman–Crippen MR) is 88.5 cm³/mol. The van der Waals surface area contributed by atoms with Crippen LogP contribution in [0.15, 0.2) is 42.7 Å². The highest BCUT2D eigenvalue weighted by molar-refractivity contribution is 5.79. The van der Waals surface area contributed by atoms with Crippen LogP contribution in [0.4, 0.5) is 26.3 Å². The van der Waals surface area contributed by atoms with Crippen LogP contribution in [0.3, 0.4) is 0 Å². The molecule has 4 nitrogen and oxygen atoms in total. The number of piperazine rings is 1. The fourth-order valence-electron chi connectivity index (χ4n) is 2.79. The van der Waals surface area contributed by atoms with Crippen LogP contribution in [0, 0.1) is 17.5 Å². The lowest BCUT2D eigenvalue weighted by molar-refractivity contribution is -0.169. The molecule has 2 aromatic rings. The molecular formula is C18H17F6N3O. The molecule has 0 unspecified atom stereocenters. The number of hydrogen-bond acceptors (Lipinski definition) is 3. The number of pyridine rings is 1. The molecule has 1 saturated heterocycles. The number of carbonyl (C=O) groups is 1. The molecule has 1 aliphatic rings. The van der Waals surface area contributed by atoms with E-state index in [-0.39, 0.29) is 0 Å². The first kappa shape index (κ1) is 21.7. The van der Waals surface area contributed by atoms with Crippen LogP contribution in [0.2, 0.25) is 0 Å². The van der Waals surface area contributed by atoms with Crippen LogP contribution in [-0.2, 0) is 4.79 Å². The van der Waals surface area contributed by atoms with Gasteiger partial charge in [-0.1, -0.05) is 6.07 Å². The van der Waals surface area contributed by atoms with Gasteiger partial charge in [0.25, 0.3) is 0 Å². The zero-order chi connectivity index (χ0) is 20.9. The van der Waals surface area contributed by atoms with Gasteiger partial charge in [-0.15, -0.1) is 0 Å². The molecule has 1 aromatic heterocycles. The number of aromatic nitrogens is 1. The average molecular weight is 405 g/mol. The Balaban J connectivity index is 0.000000397. The monoisotopic (exact) mass is 405 g/mol. The third kappa shape index (κ3) is 5.44. The molecule has 1 aliphatic heterocycles. The lowest BCUT2D eigenvalue weighted by Gasteiger charge is -2.40. The maximum atomic E-state index is 13.8. The second kappa shape index (κ2) is 9.05. The number of hydrogen-bond donors (Lipinski definition) is 1. The highest BCUT2D eigenvalue weighted by Gasteiger charge is 2.42. The van der Waals surface area contributed by atoms with E-state index in [9.17, 15) is 31.1 Å². The maximum absolute atomic E-state index is 13.8. The van der Waals surface area contributed by atoms with E-state index in [2.05, 4.69) is 10.3 Å². The number of benzene rings is 1. The van der Waals surface area contributed by atoms with Crippen molar-refractivity contribution in [1.29, 1.82) is 0 Å². The van der Waals surface area contributed by atoms with Crippen LogP contribution in [-0.4, -0.2) is 41.1 Å². The molecule has 0 radical (unpaired) electrons. The number of carbonyl (C=O) groups excluding carboxylic acids is 1. The van der Waals surface area contributed by atoms with Crippen LogP contribution in [0.5, 0.6) is 0 Å². The van der Waals surface area contributed by atoms with E-state index in [1.165, 1.54) is 6.92 Å². The topological polar surface area (TPSA) is 45.2 Å². The van der Waals surface area contributed by atoms with Gasteiger partial charge in [-0.2, -0.15) is 13.2 Å². The van der Waals surface area contributed by atoms with Crippen LogP contribution >= 0.6 is 0 Å². The van der Waals surface area contributed by atoms with Gasteiger partial charge in [-0.25, -0.2) is 13.2 Å². The van der Waals surface area contributed by atoms with E-state index >= 15 is 0 Å². The van der Waals surface area contributed by atoms with Crippen molar-refractivity contribution in [2.75, 3.05) is 13.1 Å². The first-order valence-corrected chi connectivity index (χ1v) is 8.20. The minimum Gasteiger partial charge on any atom is -0.328 e. The van der Waals surface area contributed by atoms with E-state index in [4.69, 9.17) is 0 Å². The molecule has 1 amide bonds. The maximum Gasteiger partial charge on any atom is 0.406 e. The van der Waals surface area contributed by atoms with Gasteiger partial charge in [0.05, 0.1) is 12.6 Å². The fourth-order valence-corrected chi connectivity index (χ4v) is 2.79. The van der Waals surface area contributed by atoms with Gasteiger partial charge in [0.1, 0.15) is 12.4 Å². The van der Waals surface area contributed by atoms with E-state index in [0.717, 1.165) is 0 Å². The Morgan fingerprint density at radius 2 is 1.71 bits per heavy atom. The van der Waals surface area contributed by atoms with Crippen molar-refractivity contribution in [3.05, 3.63) is 65.7 Å². The van der Waals surface area contributed by atoms with Crippen LogP contribution in [0.1, 0.15) is 18.5 Å². The summed E-state index contributed by atoms with van der Waals surface area (Å²) >= 11 is 0. The normalized spacial score (nSPS) is 19.8. The van der Waals surface area contributed by atoms with E-state index in [1.54, 1.807) is 12.4 Å². The standard InChI is InChI=1S/C13H12F6N2O.C5H5N/c1-6-12(10-7(14)2-3-8(15)11(10)16)20-4-9(22)21(6)5-13(17,18)19;1-2-4-6-5-3-1/h2-3,6,12,20H,4-5H2,1H3;1-5H/t6-,12-;/m1./s1. The Kier molecular flexibility index (Phi) is 7.00. The van der Waals surface area contributed by atoms with Gasteiger partial charge in [0.15, 0.2) is 11.6 Å². The number of rotatable bonds is 2. The van der Waals surface area contributed by atoms with Crippen molar-refractivity contribution in [2.45, 2.75) is 25.2 Å². The second-order valence-electron chi connectivity index (χ2n) is 6.02. The van der Waals surface area contributed by atoms with Crippen molar-refractivity contribution in [2.24, 2.45) is 0 Å². The Labute approximate surface area is 157 Å². The summed E-state index contributed by atoms with van der Waals surface area (Å²) in [6.45, 7) is -0.853. The Morgan fingerprint density at radius 3 is 2.21 bits per heavy atom. The zero-order valence-corrected chi connectivity index (χ0v) is 14.7. The number of nitrogens with one attached hydrogen (secondary N) is 1. The summed E-state index contributed by atoms with van der Waals surface area (Å²) in [6.07, 6.45) is -1.15. The summed E-state index contributed by atoms with van der Waals surface area (Å²) in [5, 5.41) is 2.45. The smallest absolute Gasteiger partial charge is 0.328 e. The Morgan fingerprint density at radius 1 is 1.11 bits per heavy atom.